The highest BCUT2D eigenvalue weighted by molar-refractivity contribution is 7.44. The van der Waals surface area contributed by atoms with Gasteiger partial charge >= 0.3 is 0 Å². The first-order valence-electron chi connectivity index (χ1n) is 19.7. The number of ether oxygens (including phenoxy) is 3. The number of hydrogen-bond acceptors (Lipinski definition) is 10. The fraction of sp³-hybridized carbons (Fsp3) is 0.319. The zero-order chi connectivity index (χ0) is 42.2. The summed E-state index contributed by atoms with van der Waals surface area (Å²) in [5.41, 5.74) is 3.19. The van der Waals surface area contributed by atoms with E-state index in [0.29, 0.717) is 22.7 Å². The standard InChI is InChI=1S/C47H54N5O6P/c1-34(2)52(35(3)4)59(57-32-14-31-48)58-36(5)45(49-46(53)37-19-25-42(26-20-37)51-50-41-17-12-9-13-18-41)33-56-47(38-15-10-8-11-16-38,39-21-27-43(54-6)28-22-39)40-23-29-44(55-7)30-24-40/h8-13,15-30,34-36,45H,14,32-33H2,1-7H3,(H,49,53)/t36-,45-,59?/m1/s1. The van der Waals surface area contributed by atoms with E-state index in [-0.39, 0.29) is 37.6 Å². The Labute approximate surface area is 349 Å². The van der Waals surface area contributed by atoms with Crippen molar-refractivity contribution >= 4 is 25.8 Å². The van der Waals surface area contributed by atoms with Crippen LogP contribution in [0.25, 0.3) is 0 Å². The van der Waals surface area contributed by atoms with Crippen LogP contribution in [0.4, 0.5) is 11.4 Å². The van der Waals surface area contributed by atoms with E-state index in [1.54, 1.807) is 38.5 Å². The quantitative estimate of drug-likeness (QED) is 0.0336. The highest BCUT2D eigenvalue weighted by Crippen LogP contribution is 2.48. The second-order valence-corrected chi connectivity index (χ2v) is 15.7. The molecule has 3 atom stereocenters. The molecule has 1 unspecified atom stereocenters. The van der Waals surface area contributed by atoms with Crippen LogP contribution in [0.2, 0.25) is 0 Å². The summed E-state index contributed by atoms with van der Waals surface area (Å²) in [6, 6.07) is 43.6. The first-order chi connectivity index (χ1) is 28.6. The van der Waals surface area contributed by atoms with Gasteiger partial charge in [-0.05, 0) is 112 Å². The molecular weight excluding hydrogens is 762 g/mol. The van der Waals surface area contributed by atoms with Crippen LogP contribution in [-0.2, 0) is 19.4 Å². The Balaban J connectivity index is 1.55. The molecule has 1 N–H and O–H groups in total. The number of rotatable bonds is 21. The summed E-state index contributed by atoms with van der Waals surface area (Å²) in [5, 5.41) is 21.2. The Morgan fingerprint density at radius 2 is 1.20 bits per heavy atom. The van der Waals surface area contributed by atoms with Crippen molar-refractivity contribution in [2.75, 3.05) is 27.4 Å². The van der Waals surface area contributed by atoms with E-state index in [0.717, 1.165) is 22.4 Å². The molecule has 308 valence electrons. The van der Waals surface area contributed by atoms with Crippen LogP contribution in [0.3, 0.4) is 0 Å². The van der Waals surface area contributed by atoms with E-state index in [2.05, 4.69) is 54.0 Å². The third-order valence-electron chi connectivity index (χ3n) is 9.62. The number of amides is 1. The van der Waals surface area contributed by atoms with Gasteiger partial charge in [0.1, 0.15) is 17.1 Å². The molecule has 0 heterocycles. The van der Waals surface area contributed by atoms with Crippen molar-refractivity contribution in [3.63, 3.8) is 0 Å². The van der Waals surface area contributed by atoms with Crippen molar-refractivity contribution in [2.45, 2.75) is 70.9 Å². The van der Waals surface area contributed by atoms with Crippen molar-refractivity contribution in [3.05, 3.63) is 156 Å². The van der Waals surface area contributed by atoms with Gasteiger partial charge in [-0.2, -0.15) is 15.5 Å². The lowest BCUT2D eigenvalue weighted by Crippen LogP contribution is -2.49. The monoisotopic (exact) mass is 815 g/mol. The zero-order valence-electron chi connectivity index (χ0n) is 34.8. The molecule has 0 aliphatic rings. The van der Waals surface area contributed by atoms with Crippen molar-refractivity contribution in [2.24, 2.45) is 10.2 Å². The summed E-state index contributed by atoms with van der Waals surface area (Å²) in [6.45, 7) is 10.5. The molecule has 1 amide bonds. The van der Waals surface area contributed by atoms with Gasteiger partial charge in [-0.25, -0.2) is 4.67 Å². The molecular formula is C47H54N5O6P. The Morgan fingerprint density at radius 3 is 1.69 bits per heavy atom. The summed E-state index contributed by atoms with van der Waals surface area (Å²) < 4.78 is 33.6. The largest absolute Gasteiger partial charge is 0.497 e. The van der Waals surface area contributed by atoms with E-state index in [1.807, 2.05) is 116 Å². The van der Waals surface area contributed by atoms with Crippen LogP contribution in [0, 0.1) is 11.3 Å². The lowest BCUT2D eigenvalue weighted by Gasteiger charge is -2.40. The van der Waals surface area contributed by atoms with Gasteiger partial charge in [0.05, 0.1) is 63.4 Å². The number of benzene rings is 5. The molecule has 0 aromatic heterocycles. The van der Waals surface area contributed by atoms with E-state index in [4.69, 9.17) is 23.3 Å². The van der Waals surface area contributed by atoms with Crippen molar-refractivity contribution < 1.29 is 28.1 Å². The van der Waals surface area contributed by atoms with Gasteiger partial charge < -0.3 is 28.6 Å². The second-order valence-electron chi connectivity index (χ2n) is 14.3. The Kier molecular flexibility index (Phi) is 16.7. The zero-order valence-corrected chi connectivity index (χ0v) is 35.7. The Hall–Kier alpha value is -5.47. The number of azo groups is 1. The van der Waals surface area contributed by atoms with Gasteiger partial charge in [0.15, 0.2) is 0 Å². The summed E-state index contributed by atoms with van der Waals surface area (Å²) in [4.78, 5) is 14.2. The van der Waals surface area contributed by atoms with Gasteiger partial charge in [-0.1, -0.05) is 72.8 Å². The Bertz CT molecular complexity index is 2040. The minimum Gasteiger partial charge on any atom is -0.497 e. The molecule has 5 aromatic rings. The van der Waals surface area contributed by atoms with E-state index in [9.17, 15) is 10.1 Å². The molecule has 12 heteroatoms. The van der Waals surface area contributed by atoms with Gasteiger partial charge in [-0.3, -0.25) is 4.79 Å². The molecule has 0 fully saturated rings. The fourth-order valence-electron chi connectivity index (χ4n) is 6.63. The maximum atomic E-state index is 14.2. The van der Waals surface area contributed by atoms with Gasteiger partial charge in [0, 0.05) is 17.6 Å². The van der Waals surface area contributed by atoms with Crippen LogP contribution >= 0.6 is 8.53 Å². The van der Waals surface area contributed by atoms with E-state index < -0.39 is 26.3 Å². The molecule has 11 nitrogen and oxygen atoms in total. The summed E-state index contributed by atoms with van der Waals surface area (Å²) >= 11 is 0. The predicted octanol–water partition coefficient (Wildman–Crippen LogP) is 10.9. The predicted molar refractivity (Wildman–Crippen MR) is 232 cm³/mol. The van der Waals surface area contributed by atoms with Crippen LogP contribution in [-0.4, -0.2) is 62.2 Å². The topological polar surface area (TPSA) is 127 Å². The van der Waals surface area contributed by atoms with E-state index >= 15 is 0 Å². The van der Waals surface area contributed by atoms with Crippen molar-refractivity contribution in [1.29, 1.82) is 5.26 Å². The molecule has 0 bridgehead atoms. The molecule has 59 heavy (non-hydrogen) atoms. The smallest absolute Gasteiger partial charge is 0.259 e. The highest BCUT2D eigenvalue weighted by atomic mass is 31.2. The SMILES string of the molecule is COc1ccc(C(OC[C@@H](NC(=O)c2ccc(N=Nc3ccccc3)cc2)[C@@H](C)OP(OCCC#N)N(C(C)C)C(C)C)(c2ccccc2)c2ccc(OC)cc2)cc1. The maximum Gasteiger partial charge on any atom is 0.259 e. The van der Waals surface area contributed by atoms with E-state index in [1.165, 1.54) is 0 Å². The maximum absolute atomic E-state index is 14.2. The number of nitrogens with one attached hydrogen (secondary N) is 1. The molecule has 0 spiro atoms. The number of carbonyl (C=O) groups is 1. The molecule has 0 radical (unpaired) electrons. The first kappa shape index (κ1) is 44.6. The lowest BCUT2D eigenvalue weighted by molar-refractivity contribution is -0.0181. The fourth-order valence-corrected chi connectivity index (χ4v) is 8.37. The molecule has 0 saturated carbocycles. The summed E-state index contributed by atoms with van der Waals surface area (Å²) in [5.74, 6) is 1.09. The highest BCUT2D eigenvalue weighted by Gasteiger charge is 2.40. The van der Waals surface area contributed by atoms with Crippen LogP contribution < -0.4 is 14.8 Å². The molecule has 0 aliphatic carbocycles. The number of methoxy groups -OCH3 is 2. The van der Waals surface area contributed by atoms with Crippen molar-refractivity contribution in [3.8, 4) is 17.6 Å². The Morgan fingerprint density at radius 1 is 0.712 bits per heavy atom. The van der Waals surface area contributed by atoms with Crippen LogP contribution in [0.5, 0.6) is 11.5 Å². The molecule has 0 aliphatic heterocycles. The minimum atomic E-state index is -1.65. The average Bonchev–Trinajstić information content (AvgIpc) is 3.26. The minimum absolute atomic E-state index is 0.0218. The normalized spacial score (nSPS) is 13.3. The van der Waals surface area contributed by atoms with Crippen LogP contribution in [0.15, 0.2) is 144 Å². The average molecular weight is 816 g/mol. The number of nitriles is 1. The molecule has 5 aromatic carbocycles. The van der Waals surface area contributed by atoms with Gasteiger partial charge in [0.2, 0.25) is 0 Å². The third-order valence-corrected chi connectivity index (χ3v) is 11.8. The van der Waals surface area contributed by atoms with Crippen LogP contribution in [0.1, 0.15) is 68.1 Å². The number of nitrogens with zero attached hydrogens (tertiary/aromatic N) is 4. The van der Waals surface area contributed by atoms with Crippen molar-refractivity contribution in [1.82, 2.24) is 9.99 Å². The molecule has 0 saturated heterocycles. The third kappa shape index (κ3) is 11.8. The van der Waals surface area contributed by atoms with Gasteiger partial charge in [-0.15, -0.1) is 0 Å². The van der Waals surface area contributed by atoms with Gasteiger partial charge in [0.25, 0.3) is 14.4 Å². The number of carbonyl (C=O) groups excluding carboxylic acids is 1. The molecule has 5 rings (SSSR count). The summed E-state index contributed by atoms with van der Waals surface area (Å²) in [6.07, 6.45) is -0.403. The summed E-state index contributed by atoms with van der Waals surface area (Å²) in [7, 11) is 1.62. The second kappa shape index (κ2) is 22.1. The lowest BCUT2D eigenvalue weighted by atomic mass is 9.80. The first-order valence-corrected chi connectivity index (χ1v) is 20.8. The number of hydrogen-bond donors (Lipinski definition) is 1.